The minimum absolute atomic E-state index is 0.00647. The molecule has 0 aromatic heterocycles. The van der Waals surface area contributed by atoms with Crippen molar-refractivity contribution in [1.29, 1.82) is 0 Å². The highest BCUT2D eigenvalue weighted by atomic mass is 16.5. The Bertz CT molecular complexity index is 1100. The molecule has 3 N–H and O–H groups in total. The monoisotopic (exact) mass is 476 g/mol. The summed E-state index contributed by atoms with van der Waals surface area (Å²) in [7, 11) is 0. The summed E-state index contributed by atoms with van der Waals surface area (Å²) in [5, 5.41) is 15.1. The van der Waals surface area contributed by atoms with Crippen molar-refractivity contribution in [1.82, 2.24) is 10.6 Å². The molecular formula is C28H32N2O5. The standard InChI is InChI=1S/C28H32N2O5/c1-2-7-18(13-25(31)32)29-26(33)28-14-17(28)12-19(15-28)30-27(34)35-16-24-22-10-5-3-8-20(22)21-9-4-6-11-23(21)24/h3-6,8-11,17-19,24H,2,7,12-16H2,1H3,(H,29,33)(H,30,34)(H,31,32)/t17?,18-,19?,28?/m0/s1. The maximum absolute atomic E-state index is 13.0. The van der Waals surface area contributed by atoms with Gasteiger partial charge < -0.3 is 20.5 Å². The average molecular weight is 477 g/mol. The fourth-order valence-electron chi connectivity index (χ4n) is 6.21. The maximum atomic E-state index is 13.0. The summed E-state index contributed by atoms with van der Waals surface area (Å²) < 4.78 is 5.67. The quantitative estimate of drug-likeness (QED) is 0.496. The fraction of sp³-hybridized carbons (Fsp3) is 0.464. The van der Waals surface area contributed by atoms with Gasteiger partial charge in [0.25, 0.3) is 0 Å². The van der Waals surface area contributed by atoms with Crippen LogP contribution >= 0.6 is 0 Å². The first-order chi connectivity index (χ1) is 16.9. The number of benzene rings is 2. The minimum atomic E-state index is -0.908. The molecule has 7 nitrogen and oxygen atoms in total. The third-order valence-electron chi connectivity index (χ3n) is 7.92. The van der Waals surface area contributed by atoms with Crippen LogP contribution in [-0.4, -0.2) is 41.8 Å². The first-order valence-corrected chi connectivity index (χ1v) is 12.6. The van der Waals surface area contributed by atoms with Crippen LogP contribution in [0.3, 0.4) is 0 Å². The molecule has 3 aliphatic carbocycles. The molecule has 0 bridgehead atoms. The van der Waals surface area contributed by atoms with Gasteiger partial charge in [0, 0.05) is 18.0 Å². The average Bonchev–Trinajstić information content (AvgIpc) is 3.26. The van der Waals surface area contributed by atoms with Gasteiger partial charge >= 0.3 is 12.1 Å². The number of fused-ring (bicyclic) bond motifs is 4. The lowest BCUT2D eigenvalue weighted by molar-refractivity contribution is -0.138. The molecule has 184 valence electrons. The summed E-state index contributed by atoms with van der Waals surface area (Å²) in [4.78, 5) is 36.8. The van der Waals surface area contributed by atoms with E-state index in [2.05, 4.69) is 34.9 Å². The number of aliphatic carboxylic acids is 1. The third-order valence-corrected chi connectivity index (χ3v) is 7.92. The van der Waals surface area contributed by atoms with Crippen molar-refractivity contribution in [3.63, 3.8) is 0 Å². The smallest absolute Gasteiger partial charge is 0.407 e. The first-order valence-electron chi connectivity index (χ1n) is 12.6. The number of rotatable bonds is 9. The number of nitrogens with one attached hydrogen (secondary N) is 2. The molecule has 2 fully saturated rings. The normalized spacial score (nSPS) is 24.6. The molecule has 2 aromatic rings. The van der Waals surface area contributed by atoms with Crippen LogP contribution in [0.25, 0.3) is 11.1 Å². The highest BCUT2D eigenvalue weighted by molar-refractivity contribution is 5.87. The van der Waals surface area contributed by atoms with E-state index < -0.39 is 17.5 Å². The summed E-state index contributed by atoms with van der Waals surface area (Å²) in [6, 6.07) is 16.0. The van der Waals surface area contributed by atoms with Crippen LogP contribution in [0.15, 0.2) is 48.5 Å². The Balaban J connectivity index is 1.15. The second-order valence-electron chi connectivity index (χ2n) is 10.2. The lowest BCUT2D eigenvalue weighted by Gasteiger charge is -2.22. The van der Waals surface area contributed by atoms with Gasteiger partial charge in [-0.3, -0.25) is 9.59 Å². The third kappa shape index (κ3) is 4.51. The number of carbonyl (C=O) groups is 3. The van der Waals surface area contributed by atoms with Crippen LogP contribution in [-0.2, 0) is 14.3 Å². The second kappa shape index (κ2) is 9.36. The van der Waals surface area contributed by atoms with E-state index in [1.807, 2.05) is 31.2 Å². The Hall–Kier alpha value is -3.35. The Kier molecular flexibility index (Phi) is 6.26. The zero-order valence-corrected chi connectivity index (χ0v) is 20.0. The van der Waals surface area contributed by atoms with E-state index in [1.54, 1.807) is 0 Å². The molecule has 35 heavy (non-hydrogen) atoms. The van der Waals surface area contributed by atoms with Gasteiger partial charge in [0.1, 0.15) is 6.61 Å². The van der Waals surface area contributed by atoms with E-state index in [1.165, 1.54) is 22.3 Å². The van der Waals surface area contributed by atoms with Gasteiger partial charge in [-0.1, -0.05) is 61.9 Å². The molecule has 4 atom stereocenters. The van der Waals surface area contributed by atoms with Crippen molar-refractivity contribution in [2.45, 2.75) is 63.5 Å². The Morgan fingerprint density at radius 1 is 1.06 bits per heavy atom. The number of alkyl carbamates (subject to hydrolysis) is 1. The van der Waals surface area contributed by atoms with Crippen molar-refractivity contribution < 1.29 is 24.2 Å². The van der Waals surface area contributed by atoms with E-state index in [9.17, 15) is 14.4 Å². The Morgan fingerprint density at radius 2 is 1.71 bits per heavy atom. The Morgan fingerprint density at radius 3 is 2.34 bits per heavy atom. The fourth-order valence-corrected chi connectivity index (χ4v) is 6.21. The van der Waals surface area contributed by atoms with Crippen molar-refractivity contribution in [2.75, 3.05) is 6.61 Å². The molecule has 0 aliphatic heterocycles. The number of amides is 2. The van der Waals surface area contributed by atoms with Gasteiger partial charge in [-0.05, 0) is 53.9 Å². The zero-order chi connectivity index (χ0) is 24.6. The summed E-state index contributed by atoms with van der Waals surface area (Å²) >= 11 is 0. The van der Waals surface area contributed by atoms with Crippen molar-refractivity contribution in [3.05, 3.63) is 59.7 Å². The molecule has 3 unspecified atom stereocenters. The lowest BCUT2D eigenvalue weighted by Crippen LogP contribution is -2.42. The topological polar surface area (TPSA) is 105 Å². The van der Waals surface area contributed by atoms with E-state index in [0.29, 0.717) is 12.8 Å². The highest BCUT2D eigenvalue weighted by Crippen LogP contribution is 2.63. The molecule has 2 aromatic carbocycles. The SMILES string of the molecule is CCC[C@@H](CC(=O)O)NC(=O)C12CC(NC(=O)OCC3c4ccccc4-c4ccccc43)CC1C2. The molecular weight excluding hydrogens is 444 g/mol. The van der Waals surface area contributed by atoms with Gasteiger partial charge in [-0.2, -0.15) is 0 Å². The van der Waals surface area contributed by atoms with Crippen LogP contribution in [0.4, 0.5) is 4.79 Å². The number of carboxylic acid groups (broad SMARTS) is 1. The summed E-state index contributed by atoms with van der Waals surface area (Å²) in [6.07, 6.45) is 3.04. The summed E-state index contributed by atoms with van der Waals surface area (Å²) in [6.45, 7) is 2.23. The molecule has 2 saturated carbocycles. The van der Waals surface area contributed by atoms with Crippen molar-refractivity contribution in [3.8, 4) is 11.1 Å². The van der Waals surface area contributed by atoms with Crippen molar-refractivity contribution >= 4 is 18.0 Å². The molecule has 7 heteroatoms. The van der Waals surface area contributed by atoms with E-state index in [4.69, 9.17) is 9.84 Å². The summed E-state index contributed by atoms with van der Waals surface area (Å²) in [5.74, 6) is -0.741. The van der Waals surface area contributed by atoms with Crippen molar-refractivity contribution in [2.24, 2.45) is 11.3 Å². The van der Waals surface area contributed by atoms with E-state index in [-0.39, 0.29) is 42.9 Å². The van der Waals surface area contributed by atoms with Gasteiger partial charge in [0.05, 0.1) is 11.8 Å². The number of carboxylic acids is 1. The number of hydrogen-bond donors (Lipinski definition) is 3. The summed E-state index contributed by atoms with van der Waals surface area (Å²) in [5.41, 5.74) is 4.23. The van der Waals surface area contributed by atoms with Gasteiger partial charge in [-0.25, -0.2) is 4.79 Å². The van der Waals surface area contributed by atoms with Gasteiger partial charge in [-0.15, -0.1) is 0 Å². The lowest BCUT2D eigenvalue weighted by atomic mass is 9.98. The van der Waals surface area contributed by atoms with Gasteiger partial charge in [0.15, 0.2) is 0 Å². The molecule has 2 amide bonds. The maximum Gasteiger partial charge on any atom is 0.407 e. The predicted octanol–water partition coefficient (Wildman–Crippen LogP) is 4.45. The second-order valence-corrected chi connectivity index (χ2v) is 10.2. The van der Waals surface area contributed by atoms with Crippen LogP contribution in [0.5, 0.6) is 0 Å². The van der Waals surface area contributed by atoms with E-state index >= 15 is 0 Å². The number of hydrogen-bond acceptors (Lipinski definition) is 4. The largest absolute Gasteiger partial charge is 0.481 e. The number of ether oxygens (including phenoxy) is 1. The van der Waals surface area contributed by atoms with Gasteiger partial charge in [0.2, 0.25) is 5.91 Å². The van der Waals surface area contributed by atoms with Crippen LogP contribution in [0.2, 0.25) is 0 Å². The zero-order valence-electron chi connectivity index (χ0n) is 20.0. The van der Waals surface area contributed by atoms with E-state index in [0.717, 1.165) is 19.3 Å². The molecule has 0 heterocycles. The predicted molar refractivity (Wildman–Crippen MR) is 131 cm³/mol. The van der Waals surface area contributed by atoms with Crippen LogP contribution in [0, 0.1) is 11.3 Å². The highest BCUT2D eigenvalue weighted by Gasteiger charge is 2.65. The van der Waals surface area contributed by atoms with Crippen LogP contribution in [0.1, 0.15) is 62.5 Å². The molecule has 3 aliphatic rings. The molecule has 5 rings (SSSR count). The van der Waals surface area contributed by atoms with Crippen LogP contribution < -0.4 is 10.6 Å². The Labute approximate surface area is 205 Å². The molecule has 0 radical (unpaired) electrons. The first kappa shape index (κ1) is 23.4. The molecule has 0 spiro atoms. The molecule has 0 saturated heterocycles. The number of carbonyl (C=O) groups excluding carboxylic acids is 2. The minimum Gasteiger partial charge on any atom is -0.481 e.